The molecule has 1 aliphatic carbocycles. The van der Waals surface area contributed by atoms with Crippen LogP contribution in [-0.2, 0) is 21.4 Å². The van der Waals surface area contributed by atoms with Gasteiger partial charge in [0.25, 0.3) is 0 Å². The average molecular weight is 575 g/mol. The van der Waals surface area contributed by atoms with Gasteiger partial charge in [-0.25, -0.2) is 5.01 Å². The van der Waals surface area contributed by atoms with Crippen molar-refractivity contribution in [3.05, 3.63) is 59.2 Å². The van der Waals surface area contributed by atoms with Crippen LogP contribution < -0.4 is 15.2 Å². The number of carbonyl (C=O) groups excluding carboxylic acids is 2. The van der Waals surface area contributed by atoms with E-state index in [2.05, 4.69) is 45.0 Å². The van der Waals surface area contributed by atoms with Gasteiger partial charge in [0, 0.05) is 30.5 Å². The Labute approximate surface area is 250 Å². The predicted octanol–water partition coefficient (Wildman–Crippen LogP) is 4.92. The molecule has 2 aliphatic heterocycles. The fourth-order valence-electron chi connectivity index (χ4n) is 6.74. The topological polar surface area (TPSA) is 97.5 Å². The largest absolute Gasteiger partial charge is 0.493 e. The van der Waals surface area contributed by atoms with Crippen molar-refractivity contribution in [2.75, 3.05) is 27.3 Å². The summed E-state index contributed by atoms with van der Waals surface area (Å²) < 4.78 is 11.0. The lowest BCUT2D eigenvalue weighted by atomic mass is 9.73. The third-order valence-electron chi connectivity index (χ3n) is 9.27. The smallest absolute Gasteiger partial charge is 0.246 e. The molecule has 2 aromatic carbocycles. The van der Waals surface area contributed by atoms with Crippen LogP contribution in [0.15, 0.2) is 47.6 Å². The molecule has 2 N–H and O–H groups in total. The fraction of sp³-hybridized carbons (Fsp3) is 0.559. The Morgan fingerprint density at radius 1 is 0.952 bits per heavy atom. The van der Waals surface area contributed by atoms with Crippen molar-refractivity contribution >= 4 is 17.5 Å². The first-order chi connectivity index (χ1) is 20.1. The quantitative estimate of drug-likeness (QED) is 0.507. The van der Waals surface area contributed by atoms with Crippen molar-refractivity contribution in [1.82, 2.24) is 9.91 Å². The molecule has 0 unspecified atom stereocenters. The monoisotopic (exact) mass is 574 g/mol. The average Bonchev–Trinajstić information content (AvgIpc) is 3.00. The van der Waals surface area contributed by atoms with Crippen molar-refractivity contribution in [3.63, 3.8) is 0 Å². The molecule has 2 heterocycles. The maximum Gasteiger partial charge on any atom is 0.246 e. The van der Waals surface area contributed by atoms with Crippen LogP contribution in [0.4, 0.5) is 0 Å². The van der Waals surface area contributed by atoms with Gasteiger partial charge in [-0.05, 0) is 66.8 Å². The lowest BCUT2D eigenvalue weighted by Gasteiger charge is -2.43. The second-order valence-electron chi connectivity index (χ2n) is 13.0. The summed E-state index contributed by atoms with van der Waals surface area (Å²) in [5.74, 6) is 1.48. The third-order valence-corrected chi connectivity index (χ3v) is 9.27. The van der Waals surface area contributed by atoms with Crippen LogP contribution in [0.2, 0.25) is 0 Å². The molecule has 3 atom stereocenters. The summed E-state index contributed by atoms with van der Waals surface area (Å²) in [6, 6.07) is 13.7. The zero-order valence-corrected chi connectivity index (χ0v) is 25.8. The van der Waals surface area contributed by atoms with Gasteiger partial charge >= 0.3 is 0 Å². The Hall–Kier alpha value is -3.39. The summed E-state index contributed by atoms with van der Waals surface area (Å²) in [7, 11) is 3.26. The van der Waals surface area contributed by atoms with Crippen LogP contribution in [0.25, 0.3) is 0 Å². The number of methoxy groups -OCH3 is 2. The van der Waals surface area contributed by atoms with Gasteiger partial charge in [0.1, 0.15) is 0 Å². The highest BCUT2D eigenvalue weighted by molar-refractivity contribution is 6.07. The molecular formula is C34H46N4O4. The molecule has 2 fully saturated rings. The molecule has 2 aromatic rings. The van der Waals surface area contributed by atoms with Crippen LogP contribution in [0, 0.1) is 11.8 Å². The van der Waals surface area contributed by atoms with Gasteiger partial charge in [-0.1, -0.05) is 57.9 Å². The predicted molar refractivity (Wildman–Crippen MR) is 165 cm³/mol. The summed E-state index contributed by atoms with van der Waals surface area (Å²) in [5.41, 5.74) is 10.7. The van der Waals surface area contributed by atoms with Crippen molar-refractivity contribution in [3.8, 4) is 11.5 Å². The highest BCUT2D eigenvalue weighted by Gasteiger charge is 2.44. The number of nitrogens with two attached hydrogens (primary N) is 1. The van der Waals surface area contributed by atoms with Crippen molar-refractivity contribution in [2.45, 2.75) is 83.2 Å². The van der Waals surface area contributed by atoms with Gasteiger partial charge in [0.05, 0.1) is 32.0 Å². The van der Waals surface area contributed by atoms with E-state index in [9.17, 15) is 9.59 Å². The van der Waals surface area contributed by atoms with E-state index < -0.39 is 6.04 Å². The number of nitrogens with zero attached hydrogens (tertiary/aromatic N) is 3. The number of amides is 2. The number of hydrogen-bond donors (Lipinski definition) is 1. The molecule has 5 rings (SSSR count). The van der Waals surface area contributed by atoms with E-state index in [0.29, 0.717) is 43.9 Å². The van der Waals surface area contributed by atoms with E-state index in [0.717, 1.165) is 42.5 Å². The maximum atomic E-state index is 13.7. The number of fused-ring (bicyclic) bond motifs is 1. The first-order valence-electron chi connectivity index (χ1n) is 15.4. The Bertz CT molecular complexity index is 1310. The minimum Gasteiger partial charge on any atom is -0.493 e. The van der Waals surface area contributed by atoms with Crippen molar-refractivity contribution in [1.29, 1.82) is 0 Å². The minimum atomic E-state index is -0.587. The number of likely N-dealkylation sites (tertiary alicyclic amines) is 1. The molecule has 0 aromatic heterocycles. The number of ether oxygens (including phenoxy) is 2. The van der Waals surface area contributed by atoms with E-state index in [1.54, 1.807) is 19.2 Å². The lowest BCUT2D eigenvalue weighted by Crippen LogP contribution is -2.54. The molecular weight excluding hydrogens is 528 g/mol. The summed E-state index contributed by atoms with van der Waals surface area (Å²) >= 11 is 0. The van der Waals surface area contributed by atoms with E-state index in [-0.39, 0.29) is 35.1 Å². The molecule has 1 saturated heterocycles. The van der Waals surface area contributed by atoms with E-state index >= 15 is 0 Å². The number of benzene rings is 2. The molecule has 1 saturated carbocycles. The number of piperidine rings is 1. The Balaban J connectivity index is 1.27. The standard InChI is InChI=1S/C34H46N4O4/c1-34(2,3)24-13-10-22(11-14-24)20-28(35)33(40)37-18-16-25(17-19-37)38-32(39)27-9-7-6-8-26(27)31(36-38)23-12-15-29(41-4)30(21-23)42-5/h10-15,21,25-28H,6-9,16-20,35H2,1-5H3/t26-,27+,28+/m0/s1. The zero-order chi connectivity index (χ0) is 30.0. The molecule has 0 spiro atoms. The number of hydrazone groups is 1. The molecule has 3 aliphatic rings. The van der Waals surface area contributed by atoms with E-state index in [1.165, 1.54) is 5.56 Å². The van der Waals surface area contributed by atoms with Gasteiger partial charge < -0.3 is 20.1 Å². The summed E-state index contributed by atoms with van der Waals surface area (Å²) in [5, 5.41) is 6.78. The molecule has 226 valence electrons. The van der Waals surface area contributed by atoms with Crippen LogP contribution in [0.1, 0.15) is 76.0 Å². The number of rotatable bonds is 7. The maximum absolute atomic E-state index is 13.7. The molecule has 2 amide bonds. The highest BCUT2D eigenvalue weighted by Crippen LogP contribution is 2.40. The van der Waals surface area contributed by atoms with Gasteiger partial charge in [-0.2, -0.15) is 5.10 Å². The van der Waals surface area contributed by atoms with Crippen LogP contribution in [0.3, 0.4) is 0 Å². The summed E-state index contributed by atoms with van der Waals surface area (Å²) in [6.45, 7) is 7.70. The zero-order valence-electron chi connectivity index (χ0n) is 25.8. The Kier molecular flexibility index (Phi) is 8.92. The first-order valence-corrected chi connectivity index (χ1v) is 15.4. The van der Waals surface area contributed by atoms with Gasteiger partial charge in [0.15, 0.2) is 11.5 Å². The molecule has 0 radical (unpaired) electrons. The molecule has 0 bridgehead atoms. The molecule has 8 heteroatoms. The van der Waals surface area contributed by atoms with Crippen molar-refractivity contribution < 1.29 is 19.1 Å². The molecule has 42 heavy (non-hydrogen) atoms. The molecule has 8 nitrogen and oxygen atoms in total. The normalized spacial score (nSPS) is 22.3. The van der Waals surface area contributed by atoms with Crippen LogP contribution in [-0.4, -0.2) is 66.8 Å². The lowest BCUT2D eigenvalue weighted by molar-refractivity contribution is -0.143. The summed E-state index contributed by atoms with van der Waals surface area (Å²) in [4.78, 5) is 28.9. The second kappa shape index (κ2) is 12.5. The van der Waals surface area contributed by atoms with Crippen LogP contribution >= 0.6 is 0 Å². The van der Waals surface area contributed by atoms with E-state index in [1.807, 2.05) is 23.1 Å². The first kappa shape index (κ1) is 30.1. The van der Waals surface area contributed by atoms with Gasteiger partial charge in [-0.15, -0.1) is 0 Å². The fourth-order valence-corrected chi connectivity index (χ4v) is 6.74. The Morgan fingerprint density at radius 3 is 2.21 bits per heavy atom. The van der Waals surface area contributed by atoms with Gasteiger partial charge in [-0.3, -0.25) is 9.59 Å². The van der Waals surface area contributed by atoms with E-state index in [4.69, 9.17) is 20.3 Å². The SMILES string of the molecule is COc1ccc(C2=NN(C3CCN(C(=O)[C@H](N)Cc4ccc(C(C)(C)C)cc4)CC3)C(=O)[C@@H]3CCCC[C@H]23)cc1OC. The number of hydrogen-bond acceptors (Lipinski definition) is 6. The minimum absolute atomic E-state index is 0.0276. The second-order valence-corrected chi connectivity index (χ2v) is 13.0. The third kappa shape index (κ3) is 6.19. The highest BCUT2D eigenvalue weighted by atomic mass is 16.5. The van der Waals surface area contributed by atoms with Crippen LogP contribution in [0.5, 0.6) is 11.5 Å². The Morgan fingerprint density at radius 2 is 1.60 bits per heavy atom. The summed E-state index contributed by atoms with van der Waals surface area (Å²) in [6.07, 6.45) is 5.88. The number of carbonyl (C=O) groups is 2. The van der Waals surface area contributed by atoms with Gasteiger partial charge in [0.2, 0.25) is 11.8 Å². The van der Waals surface area contributed by atoms with Crippen molar-refractivity contribution in [2.24, 2.45) is 22.7 Å².